The third kappa shape index (κ3) is 4.00. The van der Waals surface area contributed by atoms with Crippen molar-refractivity contribution in [3.63, 3.8) is 0 Å². The van der Waals surface area contributed by atoms with E-state index < -0.39 is 0 Å². The molecule has 4 aromatic rings. The Hall–Kier alpha value is -3.90. The van der Waals surface area contributed by atoms with Gasteiger partial charge in [-0.2, -0.15) is 0 Å². The SMILES string of the molecule is COc1ccc(Cn2c(O)c(C=C3C=Nc4ccccc43)sc2=Nc2ccccc2)cc1. The lowest BCUT2D eigenvalue weighted by Gasteiger charge is -2.07. The number of fused-ring (bicyclic) bond motifs is 1. The number of allylic oxidation sites excluding steroid dienone is 1. The number of aromatic hydroxyl groups is 1. The molecule has 3 aromatic carbocycles. The summed E-state index contributed by atoms with van der Waals surface area (Å²) in [5.41, 5.74) is 4.85. The van der Waals surface area contributed by atoms with Crippen molar-refractivity contribution in [3.05, 3.63) is 99.7 Å². The van der Waals surface area contributed by atoms with Gasteiger partial charge >= 0.3 is 0 Å². The highest BCUT2D eigenvalue weighted by atomic mass is 32.1. The molecule has 0 saturated carbocycles. The summed E-state index contributed by atoms with van der Waals surface area (Å²) in [6.45, 7) is 0.492. The van der Waals surface area contributed by atoms with Crippen molar-refractivity contribution < 1.29 is 9.84 Å². The second-order valence-corrected chi connectivity index (χ2v) is 8.34. The molecule has 0 fully saturated rings. The third-order valence-electron chi connectivity index (χ3n) is 5.23. The fraction of sp³-hybridized carbons (Fsp3) is 0.0769. The second kappa shape index (κ2) is 8.69. The Balaban J connectivity index is 1.60. The van der Waals surface area contributed by atoms with Crippen LogP contribution in [0.4, 0.5) is 11.4 Å². The number of benzene rings is 3. The fourth-order valence-electron chi connectivity index (χ4n) is 3.56. The normalized spacial score (nSPS) is 14.2. The molecule has 0 saturated heterocycles. The van der Waals surface area contributed by atoms with Crippen molar-refractivity contribution >= 4 is 40.6 Å². The molecule has 0 radical (unpaired) electrons. The maximum absolute atomic E-state index is 11.2. The predicted molar refractivity (Wildman–Crippen MR) is 130 cm³/mol. The molecule has 0 bridgehead atoms. The summed E-state index contributed by atoms with van der Waals surface area (Å²) >= 11 is 1.45. The molecule has 5 nitrogen and oxygen atoms in total. The van der Waals surface area contributed by atoms with Gasteiger partial charge in [0.1, 0.15) is 5.75 Å². The molecular weight excluding hydrogens is 418 g/mol. The van der Waals surface area contributed by atoms with Gasteiger partial charge < -0.3 is 9.84 Å². The average molecular weight is 440 g/mol. The van der Waals surface area contributed by atoms with Crippen LogP contribution in [0, 0.1) is 0 Å². The van der Waals surface area contributed by atoms with Crippen LogP contribution in [0.3, 0.4) is 0 Å². The fourth-order valence-corrected chi connectivity index (χ4v) is 4.56. The van der Waals surface area contributed by atoms with E-state index in [0.29, 0.717) is 6.54 Å². The standard InChI is InChI=1S/C26H21N3O2S/c1-31-21-13-11-18(12-14-21)17-29-25(30)24(32-26(29)28-20-7-3-2-4-8-20)15-19-16-27-23-10-6-5-9-22(19)23/h2-16,30H,17H2,1H3. The minimum atomic E-state index is 0.186. The van der Waals surface area contributed by atoms with E-state index in [-0.39, 0.29) is 5.88 Å². The van der Waals surface area contributed by atoms with E-state index in [0.717, 1.165) is 43.5 Å². The number of methoxy groups -OCH3 is 1. The van der Waals surface area contributed by atoms with E-state index in [2.05, 4.69) is 4.99 Å². The van der Waals surface area contributed by atoms with Crippen molar-refractivity contribution in [3.8, 4) is 11.6 Å². The van der Waals surface area contributed by atoms with Crippen LogP contribution >= 0.6 is 11.3 Å². The minimum absolute atomic E-state index is 0.186. The molecule has 1 aromatic heterocycles. The smallest absolute Gasteiger partial charge is 0.211 e. The molecule has 2 heterocycles. The van der Waals surface area contributed by atoms with E-state index in [9.17, 15) is 5.11 Å². The van der Waals surface area contributed by atoms with Crippen LogP contribution in [-0.4, -0.2) is 23.0 Å². The summed E-state index contributed by atoms with van der Waals surface area (Å²) < 4.78 is 7.10. The lowest BCUT2D eigenvalue weighted by molar-refractivity contribution is 0.413. The maximum Gasteiger partial charge on any atom is 0.211 e. The first-order valence-corrected chi connectivity index (χ1v) is 11.0. The Bertz CT molecular complexity index is 1380. The molecule has 1 aliphatic rings. The average Bonchev–Trinajstić information content (AvgIpc) is 3.37. The van der Waals surface area contributed by atoms with Gasteiger partial charge in [-0.1, -0.05) is 59.9 Å². The van der Waals surface area contributed by atoms with Crippen LogP contribution < -0.4 is 9.54 Å². The number of hydrogen-bond acceptors (Lipinski definition) is 5. The number of para-hydroxylation sites is 2. The second-order valence-electron chi connectivity index (χ2n) is 7.33. The predicted octanol–water partition coefficient (Wildman–Crippen LogP) is 5.80. The zero-order valence-electron chi connectivity index (χ0n) is 17.5. The summed E-state index contributed by atoms with van der Waals surface area (Å²) in [5.74, 6) is 0.984. The Labute approximate surface area is 190 Å². The molecule has 5 rings (SSSR count). The highest BCUT2D eigenvalue weighted by Gasteiger charge is 2.16. The van der Waals surface area contributed by atoms with Gasteiger partial charge in [-0.15, -0.1) is 0 Å². The highest BCUT2D eigenvalue weighted by Crippen LogP contribution is 2.34. The number of nitrogens with zero attached hydrogens (tertiary/aromatic N) is 3. The number of thiazole rings is 1. The monoisotopic (exact) mass is 439 g/mol. The van der Waals surface area contributed by atoms with Crippen LogP contribution in [0.25, 0.3) is 11.6 Å². The van der Waals surface area contributed by atoms with Crippen molar-refractivity contribution in [2.24, 2.45) is 9.98 Å². The zero-order valence-corrected chi connectivity index (χ0v) is 18.3. The van der Waals surface area contributed by atoms with Crippen molar-refractivity contribution in [1.82, 2.24) is 4.57 Å². The summed E-state index contributed by atoms with van der Waals surface area (Å²) in [7, 11) is 1.65. The largest absolute Gasteiger partial charge is 0.497 e. The van der Waals surface area contributed by atoms with Gasteiger partial charge in [0.05, 0.1) is 29.9 Å². The molecule has 1 N–H and O–H groups in total. The topological polar surface area (TPSA) is 59.1 Å². The van der Waals surface area contributed by atoms with Crippen molar-refractivity contribution in [1.29, 1.82) is 0 Å². The van der Waals surface area contributed by atoms with Crippen LogP contribution in [0.2, 0.25) is 0 Å². The molecule has 0 unspecified atom stereocenters. The summed E-state index contributed by atoms with van der Waals surface area (Å²) in [5, 5.41) is 11.2. The summed E-state index contributed by atoms with van der Waals surface area (Å²) in [6.07, 6.45) is 3.81. The van der Waals surface area contributed by atoms with Crippen LogP contribution in [-0.2, 0) is 6.54 Å². The quantitative estimate of drug-likeness (QED) is 0.427. The maximum atomic E-state index is 11.2. The van der Waals surface area contributed by atoms with Gasteiger partial charge in [0.15, 0.2) is 4.80 Å². The number of rotatable bonds is 5. The van der Waals surface area contributed by atoms with Gasteiger partial charge in [-0.3, -0.25) is 9.56 Å². The first kappa shape index (κ1) is 20.0. The minimum Gasteiger partial charge on any atom is -0.497 e. The van der Waals surface area contributed by atoms with Gasteiger partial charge in [-0.05, 0) is 42.0 Å². The first-order valence-electron chi connectivity index (χ1n) is 10.2. The first-order chi connectivity index (χ1) is 15.7. The van der Waals surface area contributed by atoms with E-state index in [1.165, 1.54) is 11.3 Å². The Morgan fingerprint density at radius 1 is 1.00 bits per heavy atom. The number of ether oxygens (including phenoxy) is 1. The van der Waals surface area contributed by atoms with Gasteiger partial charge in [0, 0.05) is 17.4 Å². The van der Waals surface area contributed by atoms with E-state index in [1.807, 2.05) is 95.7 Å². The van der Waals surface area contributed by atoms with Gasteiger partial charge in [-0.25, -0.2) is 4.99 Å². The molecule has 0 aliphatic carbocycles. The molecule has 32 heavy (non-hydrogen) atoms. The summed E-state index contributed by atoms with van der Waals surface area (Å²) in [6, 6.07) is 25.6. The number of aliphatic imine (C=N–C) groups is 1. The molecular formula is C26H21N3O2S. The Morgan fingerprint density at radius 2 is 1.75 bits per heavy atom. The molecule has 6 heteroatoms. The zero-order chi connectivity index (χ0) is 21.9. The number of aromatic nitrogens is 1. The lowest BCUT2D eigenvalue weighted by Crippen LogP contribution is -2.14. The molecule has 1 aliphatic heterocycles. The van der Waals surface area contributed by atoms with Gasteiger partial charge in [0.25, 0.3) is 0 Å². The summed E-state index contributed by atoms with van der Waals surface area (Å²) in [4.78, 5) is 10.7. The molecule has 0 spiro atoms. The van der Waals surface area contributed by atoms with Crippen molar-refractivity contribution in [2.45, 2.75) is 6.54 Å². The van der Waals surface area contributed by atoms with Crippen molar-refractivity contribution in [2.75, 3.05) is 7.11 Å². The van der Waals surface area contributed by atoms with E-state index in [1.54, 1.807) is 7.11 Å². The number of hydrogen-bond donors (Lipinski definition) is 1. The van der Waals surface area contributed by atoms with Crippen LogP contribution in [0.1, 0.15) is 16.0 Å². The van der Waals surface area contributed by atoms with Crippen LogP contribution in [0.15, 0.2) is 88.8 Å². The highest BCUT2D eigenvalue weighted by molar-refractivity contribution is 7.10. The Kier molecular flexibility index (Phi) is 5.44. The lowest BCUT2D eigenvalue weighted by atomic mass is 10.1. The molecule has 0 amide bonds. The van der Waals surface area contributed by atoms with Crippen LogP contribution in [0.5, 0.6) is 11.6 Å². The molecule has 158 valence electrons. The Morgan fingerprint density at radius 3 is 2.53 bits per heavy atom. The van der Waals surface area contributed by atoms with Gasteiger partial charge in [0.2, 0.25) is 5.88 Å². The third-order valence-corrected chi connectivity index (χ3v) is 6.25. The molecule has 0 atom stereocenters. The van der Waals surface area contributed by atoms with E-state index in [4.69, 9.17) is 9.73 Å². The van der Waals surface area contributed by atoms with E-state index >= 15 is 0 Å².